The summed E-state index contributed by atoms with van der Waals surface area (Å²) in [6, 6.07) is 0. The summed E-state index contributed by atoms with van der Waals surface area (Å²) >= 11 is 0. The zero-order valence-corrected chi connectivity index (χ0v) is 5.11. The molecule has 2 heteroatoms. The Kier molecular flexibility index (Phi) is 1.24. The molecule has 0 radical (unpaired) electrons. The van der Waals surface area contributed by atoms with Crippen LogP contribution in [-0.4, -0.2) is 13.0 Å². The Labute approximate surface area is 49.3 Å². The first-order valence-corrected chi connectivity index (χ1v) is 2.94. The third-order valence-electron chi connectivity index (χ3n) is 1.72. The van der Waals surface area contributed by atoms with Gasteiger partial charge in [0.2, 0.25) is 6.41 Å². The molecule has 46 valence electrons. The Balaban J connectivity index is 2.09. The second-order valence-electron chi connectivity index (χ2n) is 2.81. The minimum Gasteiger partial charge on any atom is -0.358 e. The van der Waals surface area contributed by atoms with Gasteiger partial charge in [0.25, 0.3) is 0 Å². The molecule has 1 saturated carbocycles. The van der Waals surface area contributed by atoms with E-state index in [0.29, 0.717) is 5.41 Å². The zero-order valence-electron chi connectivity index (χ0n) is 5.11. The van der Waals surface area contributed by atoms with Crippen molar-refractivity contribution in [3.05, 3.63) is 0 Å². The van der Waals surface area contributed by atoms with Crippen LogP contribution >= 0.6 is 0 Å². The molecule has 1 aliphatic rings. The fraction of sp³-hybridized carbons (Fsp3) is 0.833. The Morgan fingerprint density at radius 3 is 2.75 bits per heavy atom. The van der Waals surface area contributed by atoms with Crippen LogP contribution in [0, 0.1) is 5.41 Å². The minimum atomic E-state index is 0.459. The molecule has 0 bridgehead atoms. The van der Waals surface area contributed by atoms with Crippen LogP contribution in [0.25, 0.3) is 0 Å². The van der Waals surface area contributed by atoms with E-state index >= 15 is 0 Å². The summed E-state index contributed by atoms with van der Waals surface area (Å²) in [5.41, 5.74) is 0.459. The third kappa shape index (κ3) is 1.22. The largest absolute Gasteiger partial charge is 0.358 e. The molecule has 1 rings (SSSR count). The second-order valence-corrected chi connectivity index (χ2v) is 2.81. The van der Waals surface area contributed by atoms with Crippen LogP contribution in [-0.2, 0) is 4.79 Å². The molecule has 0 aromatic heterocycles. The van der Waals surface area contributed by atoms with Crippen molar-refractivity contribution in [3.63, 3.8) is 0 Å². The van der Waals surface area contributed by atoms with Crippen LogP contribution in [0.5, 0.6) is 0 Å². The lowest BCUT2D eigenvalue weighted by Crippen LogP contribution is -2.19. The van der Waals surface area contributed by atoms with Crippen LogP contribution in [0.3, 0.4) is 0 Å². The van der Waals surface area contributed by atoms with E-state index in [9.17, 15) is 4.79 Å². The normalized spacial score (nSPS) is 22.1. The van der Waals surface area contributed by atoms with Gasteiger partial charge in [0, 0.05) is 6.54 Å². The van der Waals surface area contributed by atoms with Gasteiger partial charge in [-0.2, -0.15) is 0 Å². The summed E-state index contributed by atoms with van der Waals surface area (Å²) in [5.74, 6) is 0. The van der Waals surface area contributed by atoms with E-state index in [1.54, 1.807) is 0 Å². The van der Waals surface area contributed by atoms with Crippen molar-refractivity contribution in [3.8, 4) is 0 Å². The summed E-state index contributed by atoms with van der Waals surface area (Å²) in [4.78, 5) is 9.77. The van der Waals surface area contributed by atoms with Crippen LogP contribution in [0.4, 0.5) is 0 Å². The maximum atomic E-state index is 9.77. The van der Waals surface area contributed by atoms with E-state index in [2.05, 4.69) is 12.2 Å². The summed E-state index contributed by atoms with van der Waals surface area (Å²) in [6.45, 7) is 3.04. The molecule has 2 nitrogen and oxygen atoms in total. The predicted octanol–water partition coefficient (Wildman–Crippen LogP) is 0.532. The van der Waals surface area contributed by atoms with Gasteiger partial charge in [0.1, 0.15) is 0 Å². The van der Waals surface area contributed by atoms with Crippen LogP contribution < -0.4 is 5.32 Å². The number of carbonyl (C=O) groups is 1. The first-order valence-electron chi connectivity index (χ1n) is 2.94. The van der Waals surface area contributed by atoms with Gasteiger partial charge in [-0.15, -0.1) is 0 Å². The molecule has 0 aromatic rings. The van der Waals surface area contributed by atoms with Gasteiger partial charge in [-0.05, 0) is 18.3 Å². The molecule has 0 saturated heterocycles. The van der Waals surface area contributed by atoms with Gasteiger partial charge in [-0.25, -0.2) is 0 Å². The first kappa shape index (κ1) is 5.60. The van der Waals surface area contributed by atoms with Crippen molar-refractivity contribution in [2.24, 2.45) is 5.41 Å². The number of carbonyl (C=O) groups excluding carboxylic acids is 1. The van der Waals surface area contributed by atoms with E-state index in [-0.39, 0.29) is 0 Å². The molecule has 0 atom stereocenters. The number of hydrogen-bond donors (Lipinski definition) is 1. The minimum absolute atomic E-state index is 0.459. The van der Waals surface area contributed by atoms with E-state index in [4.69, 9.17) is 0 Å². The second kappa shape index (κ2) is 1.77. The average Bonchev–Trinajstić information content (AvgIpc) is 2.45. The lowest BCUT2D eigenvalue weighted by Gasteiger charge is -2.03. The highest BCUT2D eigenvalue weighted by Gasteiger charge is 2.36. The van der Waals surface area contributed by atoms with Crippen molar-refractivity contribution in [1.82, 2.24) is 5.32 Å². The fourth-order valence-electron chi connectivity index (χ4n) is 0.678. The molecule has 8 heavy (non-hydrogen) atoms. The van der Waals surface area contributed by atoms with Gasteiger partial charge >= 0.3 is 0 Å². The average molecular weight is 113 g/mol. The van der Waals surface area contributed by atoms with Crippen molar-refractivity contribution in [2.45, 2.75) is 19.8 Å². The van der Waals surface area contributed by atoms with Gasteiger partial charge in [0.15, 0.2) is 0 Å². The lowest BCUT2D eigenvalue weighted by atomic mass is 10.1. The highest BCUT2D eigenvalue weighted by atomic mass is 16.1. The lowest BCUT2D eigenvalue weighted by molar-refractivity contribution is -0.109. The molecule has 1 aliphatic carbocycles. The number of amides is 1. The summed E-state index contributed by atoms with van der Waals surface area (Å²) in [6.07, 6.45) is 3.31. The molecular formula is C6H11NO. The Bertz CT molecular complexity index is 96.7. The maximum Gasteiger partial charge on any atom is 0.207 e. The highest BCUT2D eigenvalue weighted by molar-refractivity contribution is 5.46. The number of rotatable bonds is 3. The standard InChI is InChI=1S/C6H11NO/c1-6(2-3-6)4-7-5-8/h5H,2-4H2,1H3,(H,7,8). The van der Waals surface area contributed by atoms with Crippen LogP contribution in [0.2, 0.25) is 0 Å². The third-order valence-corrected chi connectivity index (χ3v) is 1.72. The van der Waals surface area contributed by atoms with Crippen LogP contribution in [0.15, 0.2) is 0 Å². The van der Waals surface area contributed by atoms with Crippen molar-refractivity contribution >= 4 is 6.41 Å². The Hall–Kier alpha value is -0.530. The van der Waals surface area contributed by atoms with Crippen LogP contribution in [0.1, 0.15) is 19.8 Å². The van der Waals surface area contributed by atoms with E-state index < -0.39 is 0 Å². The Morgan fingerprint density at radius 1 is 1.75 bits per heavy atom. The molecule has 0 spiro atoms. The zero-order chi connectivity index (χ0) is 6.04. The number of hydrogen-bond acceptors (Lipinski definition) is 1. The van der Waals surface area contributed by atoms with Crippen molar-refractivity contribution in [1.29, 1.82) is 0 Å². The molecule has 1 fully saturated rings. The molecule has 1 N–H and O–H groups in total. The predicted molar refractivity (Wildman–Crippen MR) is 31.4 cm³/mol. The summed E-state index contributed by atoms with van der Waals surface area (Å²) in [5, 5.41) is 2.67. The van der Waals surface area contributed by atoms with Gasteiger partial charge in [0.05, 0.1) is 0 Å². The molecule has 0 aromatic carbocycles. The number of nitrogens with one attached hydrogen (secondary N) is 1. The Morgan fingerprint density at radius 2 is 2.38 bits per heavy atom. The van der Waals surface area contributed by atoms with Gasteiger partial charge in [-0.3, -0.25) is 4.79 Å². The fourth-order valence-corrected chi connectivity index (χ4v) is 0.678. The van der Waals surface area contributed by atoms with E-state index in [1.165, 1.54) is 12.8 Å². The molecular weight excluding hydrogens is 102 g/mol. The first-order chi connectivity index (χ1) is 3.77. The quantitative estimate of drug-likeness (QED) is 0.531. The molecule has 0 aliphatic heterocycles. The van der Waals surface area contributed by atoms with Gasteiger partial charge in [-0.1, -0.05) is 6.92 Å². The topological polar surface area (TPSA) is 29.1 Å². The van der Waals surface area contributed by atoms with E-state index in [1.807, 2.05) is 0 Å². The molecule has 0 heterocycles. The van der Waals surface area contributed by atoms with Gasteiger partial charge < -0.3 is 5.32 Å². The molecule has 1 amide bonds. The summed E-state index contributed by atoms with van der Waals surface area (Å²) < 4.78 is 0. The van der Waals surface area contributed by atoms with Crippen molar-refractivity contribution < 1.29 is 4.79 Å². The molecule has 0 unspecified atom stereocenters. The maximum absolute atomic E-state index is 9.77. The summed E-state index contributed by atoms with van der Waals surface area (Å²) in [7, 11) is 0. The highest BCUT2D eigenvalue weighted by Crippen LogP contribution is 2.43. The SMILES string of the molecule is CC1(CNC=O)CC1. The smallest absolute Gasteiger partial charge is 0.207 e. The monoisotopic (exact) mass is 113 g/mol. The van der Waals surface area contributed by atoms with E-state index in [0.717, 1.165) is 13.0 Å². The van der Waals surface area contributed by atoms with Crippen molar-refractivity contribution in [2.75, 3.05) is 6.54 Å².